The minimum absolute atomic E-state index is 0.109. The average molecular weight is 116 g/mol. The molecule has 0 bridgehead atoms. The Bertz CT molecular complexity index is 143. The summed E-state index contributed by atoms with van der Waals surface area (Å²) in [6.07, 6.45) is 2.54. The summed E-state index contributed by atoms with van der Waals surface area (Å²) in [6.45, 7) is -0.109. The summed E-state index contributed by atoms with van der Waals surface area (Å²) in [7, 11) is 0. The molecule has 1 aliphatic heterocycles. The Balaban J connectivity index is 2.66. The molecule has 0 saturated carbocycles. The predicted octanol–water partition coefficient (Wildman–Crippen LogP) is 0.614. The van der Waals surface area contributed by atoms with E-state index < -0.39 is 0 Å². The van der Waals surface area contributed by atoms with E-state index in [1.54, 1.807) is 0 Å². The molecule has 0 atom stereocenters. The molecule has 0 radical (unpaired) electrons. The number of rotatable bonds is 0. The first-order chi connectivity index (χ1) is 3.80. The Morgan fingerprint density at radius 2 is 2.62 bits per heavy atom. The minimum atomic E-state index is -0.389. The summed E-state index contributed by atoms with van der Waals surface area (Å²) in [5.74, 6) is -0.389. The summed E-state index contributed by atoms with van der Waals surface area (Å²) in [5.41, 5.74) is 0. The zero-order chi connectivity index (χ0) is 5.98. The third kappa shape index (κ3) is 0.776. The van der Waals surface area contributed by atoms with Crippen molar-refractivity contribution in [1.82, 2.24) is 5.12 Å². The first-order valence-electron chi connectivity index (χ1n) is 2.13. The molecule has 0 aromatic heterocycles. The molecular formula is C4H5FN2O. The molecule has 0 aliphatic carbocycles. The van der Waals surface area contributed by atoms with E-state index in [1.165, 1.54) is 12.3 Å². The molecule has 0 aromatic carbocycles. The number of hydrogen-bond acceptors (Lipinski definition) is 3. The Labute approximate surface area is 45.7 Å². The van der Waals surface area contributed by atoms with Gasteiger partial charge in [0, 0.05) is 12.3 Å². The molecule has 8 heavy (non-hydrogen) atoms. The number of allylic oxidation sites excluding steroid dienone is 1. The van der Waals surface area contributed by atoms with Gasteiger partial charge in [0.05, 0.1) is 0 Å². The molecule has 1 rings (SSSR count). The Morgan fingerprint density at radius 3 is 3.00 bits per heavy atom. The highest BCUT2D eigenvalue weighted by atomic mass is 19.2. The van der Waals surface area contributed by atoms with Crippen LogP contribution in [0.25, 0.3) is 0 Å². The highest BCUT2D eigenvalue weighted by molar-refractivity contribution is 5.72. The zero-order valence-electron chi connectivity index (χ0n) is 4.08. The van der Waals surface area contributed by atoms with Crippen LogP contribution in [-0.4, -0.2) is 23.1 Å². The maximum atomic E-state index is 12.0. The highest BCUT2D eigenvalue weighted by Gasteiger charge is 2.05. The lowest BCUT2D eigenvalue weighted by atomic mass is 10.6. The van der Waals surface area contributed by atoms with Crippen molar-refractivity contribution in [2.75, 3.05) is 6.67 Å². The van der Waals surface area contributed by atoms with E-state index in [0.717, 1.165) is 0 Å². The second-order valence-electron chi connectivity index (χ2n) is 1.36. The van der Waals surface area contributed by atoms with E-state index in [-0.39, 0.29) is 17.7 Å². The summed E-state index contributed by atoms with van der Waals surface area (Å²) in [6, 6.07) is 0. The van der Waals surface area contributed by atoms with Crippen molar-refractivity contribution in [1.29, 1.82) is 0 Å². The number of hydrogen-bond donors (Lipinski definition) is 1. The first kappa shape index (κ1) is 5.08. The van der Waals surface area contributed by atoms with E-state index in [2.05, 4.69) is 4.99 Å². The third-order valence-electron chi connectivity index (χ3n) is 0.783. The van der Waals surface area contributed by atoms with Gasteiger partial charge in [0.2, 0.25) is 5.88 Å². The van der Waals surface area contributed by atoms with Crippen molar-refractivity contribution in [3.8, 4) is 0 Å². The van der Waals surface area contributed by atoms with Crippen molar-refractivity contribution < 1.29 is 9.59 Å². The topological polar surface area (TPSA) is 35.8 Å². The van der Waals surface area contributed by atoms with Crippen molar-refractivity contribution in [2.45, 2.75) is 0 Å². The largest absolute Gasteiger partial charge is 0.493 e. The van der Waals surface area contributed by atoms with Crippen molar-refractivity contribution >= 4 is 6.21 Å². The van der Waals surface area contributed by atoms with Gasteiger partial charge >= 0.3 is 0 Å². The fraction of sp³-hybridized carbons (Fsp3) is 0.250. The number of nitrogens with zero attached hydrogens (tertiary/aromatic N) is 2. The van der Waals surface area contributed by atoms with Gasteiger partial charge in [0.15, 0.2) is 0 Å². The van der Waals surface area contributed by atoms with Gasteiger partial charge in [-0.1, -0.05) is 4.48 Å². The van der Waals surface area contributed by atoms with Crippen LogP contribution in [0.5, 0.6) is 0 Å². The lowest BCUT2D eigenvalue weighted by Crippen LogP contribution is -2.15. The number of aliphatic hydroxyl groups is 1. The molecule has 0 amide bonds. The first-order valence-corrected chi connectivity index (χ1v) is 2.13. The molecule has 3 nitrogen and oxygen atoms in total. The van der Waals surface area contributed by atoms with Gasteiger partial charge in [-0.2, -0.15) is 5.12 Å². The molecule has 1 N–H and O–H groups in total. The summed E-state index contributed by atoms with van der Waals surface area (Å²) in [5, 5.41) is 8.65. The zero-order valence-corrected chi connectivity index (χ0v) is 4.08. The second-order valence-corrected chi connectivity index (χ2v) is 1.36. The average Bonchev–Trinajstić information content (AvgIpc) is 1.77. The smallest absolute Gasteiger partial charge is 0.218 e. The van der Waals surface area contributed by atoms with Crippen LogP contribution in [0, 0.1) is 0 Å². The summed E-state index contributed by atoms with van der Waals surface area (Å²) >= 11 is 0. The molecule has 1 heterocycles. The molecule has 0 aromatic rings. The maximum absolute atomic E-state index is 12.0. The fourth-order valence-electron chi connectivity index (χ4n) is 0.392. The maximum Gasteiger partial charge on any atom is 0.218 e. The van der Waals surface area contributed by atoms with E-state index in [1.807, 2.05) is 0 Å². The van der Waals surface area contributed by atoms with Gasteiger partial charge < -0.3 is 5.11 Å². The molecule has 0 saturated heterocycles. The van der Waals surface area contributed by atoms with Crippen LogP contribution in [0.15, 0.2) is 17.0 Å². The summed E-state index contributed by atoms with van der Waals surface area (Å²) < 4.78 is 12.0. The highest BCUT2D eigenvalue weighted by Crippen LogP contribution is 2.02. The Kier molecular flexibility index (Phi) is 1.15. The van der Waals surface area contributed by atoms with Crippen molar-refractivity contribution in [2.24, 2.45) is 4.99 Å². The van der Waals surface area contributed by atoms with Crippen LogP contribution in [0.2, 0.25) is 0 Å². The third-order valence-corrected chi connectivity index (χ3v) is 0.783. The van der Waals surface area contributed by atoms with Crippen LogP contribution < -0.4 is 0 Å². The second kappa shape index (κ2) is 1.81. The number of halogens is 1. The molecule has 0 fully saturated rings. The van der Waals surface area contributed by atoms with Gasteiger partial charge in [0.1, 0.15) is 6.67 Å². The lowest BCUT2D eigenvalue weighted by molar-refractivity contribution is 0.0141. The van der Waals surface area contributed by atoms with E-state index in [4.69, 9.17) is 5.11 Å². The van der Waals surface area contributed by atoms with Crippen molar-refractivity contribution in [3.63, 3.8) is 0 Å². The Morgan fingerprint density at radius 1 is 1.88 bits per heavy atom. The van der Waals surface area contributed by atoms with Gasteiger partial charge in [-0.25, -0.2) is 0 Å². The lowest BCUT2D eigenvalue weighted by Gasteiger charge is -2.10. The SMILES string of the molecule is OC1=CC=NCN1F. The van der Waals surface area contributed by atoms with E-state index in [9.17, 15) is 4.48 Å². The molecule has 44 valence electrons. The molecule has 4 heteroatoms. The predicted molar refractivity (Wildman–Crippen MR) is 27.0 cm³/mol. The molecule has 0 spiro atoms. The van der Waals surface area contributed by atoms with Crippen molar-refractivity contribution in [3.05, 3.63) is 12.0 Å². The van der Waals surface area contributed by atoms with E-state index >= 15 is 0 Å². The summed E-state index contributed by atoms with van der Waals surface area (Å²) in [4.78, 5) is 3.50. The molecular weight excluding hydrogens is 111 g/mol. The number of aliphatic imine (C=N–C) groups is 1. The van der Waals surface area contributed by atoms with Crippen LogP contribution in [0.1, 0.15) is 0 Å². The van der Waals surface area contributed by atoms with Crippen LogP contribution in [0.3, 0.4) is 0 Å². The normalized spacial score (nSPS) is 18.6. The number of aliphatic hydroxyl groups excluding tert-OH is 1. The van der Waals surface area contributed by atoms with Crippen LogP contribution >= 0.6 is 0 Å². The van der Waals surface area contributed by atoms with Gasteiger partial charge in [0.25, 0.3) is 0 Å². The standard InChI is InChI=1S/C4H5FN2O/c5-7-3-6-2-1-4(7)8/h1-2,8H,3H2. The Hall–Kier alpha value is -1.06. The quantitative estimate of drug-likeness (QED) is 0.471. The molecule has 0 unspecified atom stereocenters. The molecule has 1 aliphatic rings. The monoisotopic (exact) mass is 116 g/mol. The van der Waals surface area contributed by atoms with Gasteiger partial charge in [-0.05, 0) is 0 Å². The van der Waals surface area contributed by atoms with E-state index in [0.29, 0.717) is 0 Å². The van der Waals surface area contributed by atoms with Gasteiger partial charge in [-0.15, -0.1) is 0 Å². The van der Waals surface area contributed by atoms with Crippen LogP contribution in [-0.2, 0) is 0 Å². The fourth-order valence-corrected chi connectivity index (χ4v) is 0.392. The van der Waals surface area contributed by atoms with Gasteiger partial charge in [-0.3, -0.25) is 4.99 Å². The van der Waals surface area contributed by atoms with Crippen LogP contribution in [0.4, 0.5) is 4.48 Å². The minimum Gasteiger partial charge on any atom is -0.493 e.